The van der Waals surface area contributed by atoms with Gasteiger partial charge < -0.3 is 24.9 Å². The molecule has 1 aromatic heterocycles. The third kappa shape index (κ3) is 4.47. The summed E-state index contributed by atoms with van der Waals surface area (Å²) in [6.45, 7) is 3.87. The van der Waals surface area contributed by atoms with E-state index < -0.39 is 16.8 Å². The quantitative estimate of drug-likeness (QED) is 0.451. The molecule has 0 fully saturated rings. The fraction of sp³-hybridized carbons (Fsp3) is 0.500. The summed E-state index contributed by atoms with van der Waals surface area (Å²) in [6.07, 6.45) is -0.866. The number of amides is 1. The molecule has 1 rings (SSSR count). The highest BCUT2D eigenvalue weighted by Crippen LogP contribution is 2.25. The van der Waals surface area contributed by atoms with Gasteiger partial charge in [0, 0.05) is 20.6 Å². The second-order valence-corrected chi connectivity index (χ2v) is 4.08. The average molecular weight is 283 g/mol. The molecule has 110 valence electrons. The molecule has 0 spiro atoms. The van der Waals surface area contributed by atoms with Crippen LogP contribution in [0.5, 0.6) is 5.75 Å². The molecule has 1 N–H and O–H groups in total. The largest absolute Gasteiger partial charge is 0.473 e. The highest BCUT2D eigenvalue weighted by molar-refractivity contribution is 5.80. The molecule has 8 heteroatoms. The van der Waals surface area contributed by atoms with Gasteiger partial charge in [0.1, 0.15) is 5.69 Å². The predicted octanol–water partition coefficient (Wildman–Crippen LogP) is 0.828. The lowest BCUT2D eigenvalue weighted by Gasteiger charge is -2.14. The van der Waals surface area contributed by atoms with Crippen molar-refractivity contribution < 1.29 is 19.2 Å². The number of carbonyl (C=O) groups excluding carboxylic acids is 1. The first kappa shape index (κ1) is 15.8. The SMILES string of the molecule is COCCNC(=O)[C@H](C)Oc1ccc(C)nc1[N+](=O)[O-]. The molecule has 20 heavy (non-hydrogen) atoms. The van der Waals surface area contributed by atoms with Crippen molar-refractivity contribution in [1.29, 1.82) is 0 Å². The fourth-order valence-electron chi connectivity index (χ4n) is 1.42. The van der Waals surface area contributed by atoms with Crippen LogP contribution in [0.25, 0.3) is 0 Å². The van der Waals surface area contributed by atoms with Gasteiger partial charge in [0.05, 0.1) is 6.61 Å². The van der Waals surface area contributed by atoms with E-state index in [0.29, 0.717) is 18.8 Å². The lowest BCUT2D eigenvalue weighted by atomic mass is 10.3. The van der Waals surface area contributed by atoms with E-state index in [1.165, 1.54) is 20.1 Å². The monoisotopic (exact) mass is 283 g/mol. The summed E-state index contributed by atoms with van der Waals surface area (Å²) in [6, 6.07) is 3.01. The Kier molecular flexibility index (Phi) is 5.85. The zero-order valence-corrected chi connectivity index (χ0v) is 11.6. The molecule has 0 saturated heterocycles. The number of ether oxygens (including phenoxy) is 2. The Morgan fingerprint density at radius 3 is 2.85 bits per heavy atom. The van der Waals surface area contributed by atoms with Gasteiger partial charge >= 0.3 is 5.82 Å². The van der Waals surface area contributed by atoms with Crippen molar-refractivity contribution in [3.05, 3.63) is 27.9 Å². The molecule has 1 amide bonds. The molecule has 1 atom stereocenters. The van der Waals surface area contributed by atoms with Crippen molar-refractivity contribution >= 4 is 11.7 Å². The molecule has 8 nitrogen and oxygen atoms in total. The maximum absolute atomic E-state index is 11.7. The van der Waals surface area contributed by atoms with Gasteiger partial charge in [-0.05, 0) is 29.0 Å². The smallest absolute Gasteiger partial charge is 0.406 e. The molecule has 0 radical (unpaired) electrons. The van der Waals surface area contributed by atoms with Crippen LogP contribution in [0.4, 0.5) is 5.82 Å². The van der Waals surface area contributed by atoms with E-state index in [0.717, 1.165) is 0 Å². The number of aryl methyl sites for hydroxylation is 1. The molecule has 0 aliphatic heterocycles. The summed E-state index contributed by atoms with van der Waals surface area (Å²) in [4.78, 5) is 25.7. The number of methoxy groups -OCH3 is 1. The number of nitro groups is 1. The summed E-state index contributed by atoms with van der Waals surface area (Å²) < 4.78 is 10.1. The molecule has 0 aliphatic carbocycles. The molecule has 1 heterocycles. The number of rotatable bonds is 7. The predicted molar refractivity (Wildman–Crippen MR) is 70.6 cm³/mol. The minimum absolute atomic E-state index is 0.0324. The summed E-state index contributed by atoms with van der Waals surface area (Å²) in [5, 5.41) is 13.5. The van der Waals surface area contributed by atoms with Gasteiger partial charge in [0.2, 0.25) is 5.75 Å². The van der Waals surface area contributed by atoms with Gasteiger partial charge in [-0.1, -0.05) is 0 Å². The fourth-order valence-corrected chi connectivity index (χ4v) is 1.42. The number of nitrogens with one attached hydrogen (secondary N) is 1. The number of aromatic nitrogens is 1. The van der Waals surface area contributed by atoms with Crippen molar-refractivity contribution in [3.63, 3.8) is 0 Å². The molecule has 1 aromatic rings. The van der Waals surface area contributed by atoms with Gasteiger partial charge in [-0.2, -0.15) is 0 Å². The second kappa shape index (κ2) is 7.39. The number of pyridine rings is 1. The van der Waals surface area contributed by atoms with E-state index in [9.17, 15) is 14.9 Å². The van der Waals surface area contributed by atoms with Crippen molar-refractivity contribution in [2.45, 2.75) is 20.0 Å². The number of carbonyl (C=O) groups is 1. The molecular formula is C12H17N3O5. The third-order valence-electron chi connectivity index (χ3n) is 2.43. The van der Waals surface area contributed by atoms with Crippen LogP contribution in [0, 0.1) is 17.0 Å². The highest BCUT2D eigenvalue weighted by Gasteiger charge is 2.22. The van der Waals surface area contributed by atoms with Crippen LogP contribution in [0.1, 0.15) is 12.6 Å². The molecule has 0 bridgehead atoms. The van der Waals surface area contributed by atoms with Gasteiger partial charge in [-0.3, -0.25) is 4.79 Å². The zero-order valence-electron chi connectivity index (χ0n) is 11.6. The van der Waals surface area contributed by atoms with Crippen molar-refractivity contribution in [3.8, 4) is 5.75 Å². The average Bonchev–Trinajstić information content (AvgIpc) is 2.40. The Labute approximate surface area is 116 Å². The molecular weight excluding hydrogens is 266 g/mol. The normalized spacial score (nSPS) is 11.8. The van der Waals surface area contributed by atoms with Crippen LogP contribution in [0.2, 0.25) is 0 Å². The first-order chi connectivity index (χ1) is 9.45. The van der Waals surface area contributed by atoms with Crippen LogP contribution in [0.3, 0.4) is 0 Å². The summed E-state index contributed by atoms with van der Waals surface area (Å²) >= 11 is 0. The molecule has 0 aliphatic rings. The number of nitrogens with zero attached hydrogens (tertiary/aromatic N) is 2. The van der Waals surface area contributed by atoms with Crippen LogP contribution >= 0.6 is 0 Å². The van der Waals surface area contributed by atoms with Crippen molar-refractivity contribution in [1.82, 2.24) is 10.3 Å². The number of hydrogen-bond acceptors (Lipinski definition) is 6. The van der Waals surface area contributed by atoms with Crippen LogP contribution in [-0.2, 0) is 9.53 Å². The minimum atomic E-state index is -0.866. The van der Waals surface area contributed by atoms with E-state index in [2.05, 4.69) is 10.3 Å². The van der Waals surface area contributed by atoms with E-state index in [1.807, 2.05) is 0 Å². The summed E-state index contributed by atoms with van der Waals surface area (Å²) in [7, 11) is 1.52. The first-order valence-electron chi connectivity index (χ1n) is 6.01. The maximum atomic E-state index is 11.7. The Morgan fingerprint density at radius 1 is 1.55 bits per heavy atom. The summed E-state index contributed by atoms with van der Waals surface area (Å²) in [5.41, 5.74) is 0.501. The van der Waals surface area contributed by atoms with Crippen molar-refractivity contribution in [2.24, 2.45) is 0 Å². The standard InChI is InChI=1S/C12H17N3O5/c1-8-4-5-10(11(14-8)15(17)18)20-9(2)12(16)13-6-7-19-3/h4-5,9H,6-7H2,1-3H3,(H,13,16)/t9-/m0/s1. The van der Waals surface area contributed by atoms with Crippen molar-refractivity contribution in [2.75, 3.05) is 20.3 Å². The lowest BCUT2D eigenvalue weighted by Crippen LogP contribution is -2.38. The van der Waals surface area contributed by atoms with Gasteiger partial charge in [0.15, 0.2) is 6.10 Å². The van der Waals surface area contributed by atoms with E-state index in [-0.39, 0.29) is 11.7 Å². The molecule has 0 unspecified atom stereocenters. The third-order valence-corrected chi connectivity index (χ3v) is 2.43. The molecule has 0 aromatic carbocycles. The summed E-state index contributed by atoms with van der Waals surface area (Å²) in [5.74, 6) is -0.812. The Morgan fingerprint density at radius 2 is 2.25 bits per heavy atom. The van der Waals surface area contributed by atoms with Crippen LogP contribution in [-0.4, -0.2) is 42.2 Å². The minimum Gasteiger partial charge on any atom is -0.473 e. The lowest BCUT2D eigenvalue weighted by molar-refractivity contribution is -0.390. The van der Waals surface area contributed by atoms with Gasteiger partial charge in [-0.25, -0.2) is 0 Å². The molecule has 0 saturated carbocycles. The highest BCUT2D eigenvalue weighted by atomic mass is 16.6. The Balaban J connectivity index is 2.72. The maximum Gasteiger partial charge on any atom is 0.406 e. The van der Waals surface area contributed by atoms with Crippen LogP contribution < -0.4 is 10.1 Å². The zero-order chi connectivity index (χ0) is 15.1. The Bertz CT molecular complexity index is 492. The first-order valence-corrected chi connectivity index (χ1v) is 6.01. The van der Waals surface area contributed by atoms with E-state index >= 15 is 0 Å². The topological polar surface area (TPSA) is 104 Å². The van der Waals surface area contributed by atoms with E-state index in [4.69, 9.17) is 9.47 Å². The van der Waals surface area contributed by atoms with E-state index in [1.54, 1.807) is 13.0 Å². The number of hydrogen-bond donors (Lipinski definition) is 1. The van der Waals surface area contributed by atoms with Gasteiger partial charge in [0.25, 0.3) is 5.91 Å². The van der Waals surface area contributed by atoms with Gasteiger partial charge in [-0.15, -0.1) is 0 Å². The Hall–Kier alpha value is -2.22. The van der Waals surface area contributed by atoms with Crippen LogP contribution in [0.15, 0.2) is 12.1 Å². The second-order valence-electron chi connectivity index (χ2n) is 4.08.